The molecule has 0 aliphatic heterocycles. The van der Waals surface area contributed by atoms with E-state index in [1.165, 1.54) is 25.7 Å². The van der Waals surface area contributed by atoms with Crippen molar-refractivity contribution >= 4 is 12.2 Å². The zero-order chi connectivity index (χ0) is 12.8. The van der Waals surface area contributed by atoms with Crippen molar-refractivity contribution in [2.75, 3.05) is 0 Å². The van der Waals surface area contributed by atoms with E-state index in [4.69, 9.17) is 12.2 Å². The predicted molar refractivity (Wildman–Crippen MR) is 77.3 cm³/mol. The molecule has 0 unspecified atom stereocenters. The molecule has 1 aromatic heterocycles. The SMILES string of the molecule is S=c1[nH]nc(-c2ccccc2)n1[C@H]1C[C@H]2CC[C@H]1C2. The first-order valence-corrected chi connectivity index (χ1v) is 7.46. The number of aromatic amines is 1. The van der Waals surface area contributed by atoms with Gasteiger partial charge in [-0.05, 0) is 43.3 Å². The van der Waals surface area contributed by atoms with Gasteiger partial charge in [0.1, 0.15) is 0 Å². The lowest BCUT2D eigenvalue weighted by atomic mass is 9.95. The normalized spacial score (nSPS) is 28.9. The molecule has 1 aromatic carbocycles. The Balaban J connectivity index is 1.80. The average molecular weight is 271 g/mol. The number of fused-ring (bicyclic) bond motifs is 2. The van der Waals surface area contributed by atoms with Crippen molar-refractivity contribution in [3.63, 3.8) is 0 Å². The molecule has 2 aliphatic rings. The minimum Gasteiger partial charge on any atom is -0.297 e. The maximum Gasteiger partial charge on any atom is 0.195 e. The lowest BCUT2D eigenvalue weighted by Crippen LogP contribution is -2.17. The highest BCUT2D eigenvalue weighted by atomic mass is 32.1. The quantitative estimate of drug-likeness (QED) is 0.838. The summed E-state index contributed by atoms with van der Waals surface area (Å²) in [6.07, 6.45) is 5.42. The van der Waals surface area contributed by atoms with E-state index in [9.17, 15) is 0 Å². The molecular formula is C15H17N3S. The summed E-state index contributed by atoms with van der Waals surface area (Å²) in [6, 6.07) is 10.9. The first-order chi connectivity index (χ1) is 9.33. The van der Waals surface area contributed by atoms with Gasteiger partial charge in [0.15, 0.2) is 10.6 Å². The molecule has 2 fully saturated rings. The van der Waals surface area contributed by atoms with Crippen LogP contribution in [0.2, 0.25) is 0 Å². The summed E-state index contributed by atoms with van der Waals surface area (Å²) in [5.41, 5.74) is 1.15. The monoisotopic (exact) mass is 271 g/mol. The summed E-state index contributed by atoms with van der Waals surface area (Å²) in [6.45, 7) is 0. The number of hydrogen-bond acceptors (Lipinski definition) is 2. The molecule has 19 heavy (non-hydrogen) atoms. The fraction of sp³-hybridized carbons (Fsp3) is 0.467. The molecule has 0 radical (unpaired) electrons. The van der Waals surface area contributed by atoms with Gasteiger partial charge in [-0.15, -0.1) is 0 Å². The Labute approximate surface area is 117 Å². The van der Waals surface area contributed by atoms with Gasteiger partial charge in [-0.3, -0.25) is 9.67 Å². The number of H-pyrrole nitrogens is 1. The first-order valence-electron chi connectivity index (χ1n) is 7.05. The van der Waals surface area contributed by atoms with Crippen molar-refractivity contribution in [3.05, 3.63) is 35.1 Å². The molecule has 1 N–H and O–H groups in total. The van der Waals surface area contributed by atoms with E-state index < -0.39 is 0 Å². The first kappa shape index (κ1) is 11.4. The minimum absolute atomic E-state index is 0.556. The highest BCUT2D eigenvalue weighted by molar-refractivity contribution is 7.71. The molecule has 2 aromatic rings. The smallest absolute Gasteiger partial charge is 0.195 e. The summed E-state index contributed by atoms with van der Waals surface area (Å²) in [4.78, 5) is 0. The number of aromatic nitrogens is 3. The number of nitrogens with one attached hydrogen (secondary N) is 1. The Morgan fingerprint density at radius 2 is 2.00 bits per heavy atom. The molecule has 98 valence electrons. The zero-order valence-electron chi connectivity index (χ0n) is 10.7. The Morgan fingerprint density at radius 3 is 2.68 bits per heavy atom. The Bertz CT molecular complexity index is 643. The molecule has 0 amide bonds. The van der Waals surface area contributed by atoms with Crippen LogP contribution < -0.4 is 0 Å². The van der Waals surface area contributed by atoms with Gasteiger partial charge in [-0.25, -0.2) is 0 Å². The Hall–Kier alpha value is -1.42. The maximum atomic E-state index is 5.47. The van der Waals surface area contributed by atoms with Crippen molar-refractivity contribution < 1.29 is 0 Å². The molecule has 3 nitrogen and oxygen atoms in total. The van der Waals surface area contributed by atoms with Crippen LogP contribution in [0.3, 0.4) is 0 Å². The van der Waals surface area contributed by atoms with E-state index >= 15 is 0 Å². The topological polar surface area (TPSA) is 33.6 Å². The number of rotatable bonds is 2. The van der Waals surface area contributed by atoms with Crippen LogP contribution in [-0.4, -0.2) is 14.8 Å². The van der Waals surface area contributed by atoms with E-state index in [0.717, 1.165) is 28.0 Å². The number of hydrogen-bond donors (Lipinski definition) is 1. The number of benzene rings is 1. The Morgan fingerprint density at radius 1 is 1.16 bits per heavy atom. The largest absolute Gasteiger partial charge is 0.297 e. The number of nitrogens with zero attached hydrogens (tertiary/aromatic N) is 2. The van der Waals surface area contributed by atoms with Crippen LogP contribution in [0.5, 0.6) is 0 Å². The highest BCUT2D eigenvalue weighted by Gasteiger charge is 2.41. The maximum absolute atomic E-state index is 5.47. The van der Waals surface area contributed by atoms with E-state index in [1.807, 2.05) is 6.07 Å². The van der Waals surface area contributed by atoms with Gasteiger partial charge >= 0.3 is 0 Å². The third kappa shape index (κ3) is 1.77. The van der Waals surface area contributed by atoms with Crippen molar-refractivity contribution in [2.24, 2.45) is 11.8 Å². The van der Waals surface area contributed by atoms with Crippen molar-refractivity contribution in [2.45, 2.75) is 31.7 Å². The van der Waals surface area contributed by atoms with E-state index in [0.29, 0.717) is 6.04 Å². The predicted octanol–water partition coefficient (Wildman–Crippen LogP) is 3.97. The summed E-state index contributed by atoms with van der Waals surface area (Å²) < 4.78 is 3.05. The molecule has 4 rings (SSSR count). The van der Waals surface area contributed by atoms with Crippen LogP contribution in [0, 0.1) is 16.6 Å². The standard InChI is InChI=1S/C15H17N3S/c19-15-17-16-14(11-4-2-1-3-5-11)18(15)13-9-10-6-7-12(13)8-10/h1-5,10,12-13H,6-9H2,(H,17,19)/t10-,12-,13-/m0/s1. The Kier molecular flexibility index (Phi) is 2.58. The van der Waals surface area contributed by atoms with E-state index in [1.54, 1.807) is 0 Å². The summed E-state index contributed by atoms with van der Waals surface area (Å²) in [5, 5.41) is 7.45. The molecule has 2 bridgehead atoms. The second-order valence-corrected chi connectivity index (χ2v) is 6.22. The third-order valence-electron chi connectivity index (χ3n) is 4.77. The van der Waals surface area contributed by atoms with Crippen LogP contribution in [0.1, 0.15) is 31.7 Å². The van der Waals surface area contributed by atoms with E-state index in [-0.39, 0.29) is 0 Å². The van der Waals surface area contributed by atoms with Crippen LogP contribution >= 0.6 is 12.2 Å². The fourth-order valence-electron chi connectivity index (χ4n) is 3.93. The van der Waals surface area contributed by atoms with Gasteiger partial charge in [0.05, 0.1) is 0 Å². The van der Waals surface area contributed by atoms with Gasteiger partial charge in [0.25, 0.3) is 0 Å². The van der Waals surface area contributed by atoms with Gasteiger partial charge in [0.2, 0.25) is 0 Å². The van der Waals surface area contributed by atoms with Gasteiger partial charge in [-0.2, -0.15) is 5.10 Å². The van der Waals surface area contributed by atoms with E-state index in [2.05, 4.69) is 39.0 Å². The molecule has 0 spiro atoms. The van der Waals surface area contributed by atoms with Crippen molar-refractivity contribution in [1.82, 2.24) is 14.8 Å². The summed E-state index contributed by atoms with van der Waals surface area (Å²) in [5.74, 6) is 2.72. The average Bonchev–Trinajstić information content (AvgIpc) is 3.14. The second kappa shape index (κ2) is 4.30. The second-order valence-electron chi connectivity index (χ2n) is 5.83. The lowest BCUT2D eigenvalue weighted by molar-refractivity contribution is 0.329. The van der Waals surface area contributed by atoms with Crippen LogP contribution in [0.4, 0.5) is 0 Å². The van der Waals surface area contributed by atoms with Crippen LogP contribution in [0.25, 0.3) is 11.4 Å². The lowest BCUT2D eigenvalue weighted by Gasteiger charge is -2.24. The summed E-state index contributed by atoms with van der Waals surface area (Å²) >= 11 is 5.47. The van der Waals surface area contributed by atoms with Crippen molar-refractivity contribution in [3.8, 4) is 11.4 Å². The molecule has 4 heteroatoms. The molecule has 2 saturated carbocycles. The minimum atomic E-state index is 0.556. The van der Waals surface area contributed by atoms with Crippen LogP contribution in [-0.2, 0) is 0 Å². The molecule has 1 heterocycles. The zero-order valence-corrected chi connectivity index (χ0v) is 11.6. The third-order valence-corrected chi connectivity index (χ3v) is 5.06. The molecular weight excluding hydrogens is 254 g/mol. The fourth-order valence-corrected chi connectivity index (χ4v) is 4.20. The van der Waals surface area contributed by atoms with Crippen molar-refractivity contribution in [1.29, 1.82) is 0 Å². The van der Waals surface area contributed by atoms with Crippen LogP contribution in [0.15, 0.2) is 30.3 Å². The highest BCUT2D eigenvalue weighted by Crippen LogP contribution is 2.51. The molecule has 3 atom stereocenters. The van der Waals surface area contributed by atoms with Gasteiger partial charge < -0.3 is 0 Å². The molecule has 2 aliphatic carbocycles. The van der Waals surface area contributed by atoms with Gasteiger partial charge in [-0.1, -0.05) is 36.8 Å². The molecule has 0 saturated heterocycles. The van der Waals surface area contributed by atoms with Gasteiger partial charge in [0, 0.05) is 11.6 Å². The summed E-state index contributed by atoms with van der Waals surface area (Å²) in [7, 11) is 0.